The van der Waals surface area contributed by atoms with Crippen molar-refractivity contribution >= 4 is 5.82 Å². The molecule has 2 heterocycles. The third kappa shape index (κ3) is 3.17. The molecule has 4 saturated carbocycles. The lowest BCUT2D eigenvalue weighted by Gasteiger charge is -2.57. The first-order valence-corrected chi connectivity index (χ1v) is 10.7. The lowest BCUT2D eigenvalue weighted by molar-refractivity contribution is -0.0460. The van der Waals surface area contributed by atoms with Crippen molar-refractivity contribution in [2.75, 3.05) is 18.5 Å². The second-order valence-electron chi connectivity index (χ2n) is 9.85. The molecule has 3 atom stereocenters. The summed E-state index contributed by atoms with van der Waals surface area (Å²) in [5.74, 6) is 3.37. The van der Waals surface area contributed by atoms with Crippen LogP contribution in [0.1, 0.15) is 56.7 Å². The smallest absolute Gasteiger partial charge is 0.351 e. The number of ether oxygens (including phenoxy) is 1. The number of hydrogen-bond acceptors (Lipinski definition) is 6. The van der Waals surface area contributed by atoms with E-state index in [9.17, 15) is 15.0 Å². The fraction of sp³-hybridized carbons (Fsp3) is 0.810. The molecule has 5 aliphatic rings. The van der Waals surface area contributed by atoms with E-state index in [0.29, 0.717) is 11.2 Å². The van der Waals surface area contributed by atoms with Crippen LogP contribution < -0.4 is 11.0 Å². The maximum absolute atomic E-state index is 12.6. The van der Waals surface area contributed by atoms with Gasteiger partial charge in [-0.05, 0) is 68.6 Å². The molecular weight excluding hydrogens is 358 g/mol. The van der Waals surface area contributed by atoms with E-state index in [1.54, 1.807) is 6.20 Å². The van der Waals surface area contributed by atoms with Crippen LogP contribution in [0.4, 0.5) is 5.82 Å². The first kappa shape index (κ1) is 18.6. The molecule has 0 spiro atoms. The molecule has 0 radical (unpaired) electrons. The summed E-state index contributed by atoms with van der Waals surface area (Å²) in [7, 11) is 0. The van der Waals surface area contributed by atoms with Gasteiger partial charge in [0, 0.05) is 24.7 Å². The third-order valence-electron chi connectivity index (χ3n) is 7.62. The Balaban J connectivity index is 1.30. The van der Waals surface area contributed by atoms with Crippen molar-refractivity contribution in [3.8, 4) is 0 Å². The number of anilines is 1. The van der Waals surface area contributed by atoms with E-state index in [1.807, 2.05) is 6.92 Å². The molecule has 7 nitrogen and oxygen atoms in total. The van der Waals surface area contributed by atoms with Gasteiger partial charge in [-0.3, -0.25) is 4.57 Å². The van der Waals surface area contributed by atoms with Crippen molar-refractivity contribution in [2.45, 2.75) is 70.3 Å². The zero-order chi connectivity index (χ0) is 19.5. The highest BCUT2D eigenvalue weighted by Crippen LogP contribution is 2.59. The molecule has 5 fully saturated rings. The maximum atomic E-state index is 12.6. The molecule has 4 bridgehead atoms. The predicted molar refractivity (Wildman–Crippen MR) is 104 cm³/mol. The van der Waals surface area contributed by atoms with E-state index in [-0.39, 0.29) is 18.7 Å². The third-order valence-corrected chi connectivity index (χ3v) is 7.62. The van der Waals surface area contributed by atoms with Crippen LogP contribution in [-0.2, 0) is 4.74 Å². The summed E-state index contributed by atoms with van der Waals surface area (Å²) in [5, 5.41) is 22.7. The normalized spacial score (nSPS) is 41.5. The number of hydrogen-bond donors (Lipinski definition) is 3. The van der Waals surface area contributed by atoms with Gasteiger partial charge in [-0.25, -0.2) is 4.79 Å². The van der Waals surface area contributed by atoms with Crippen molar-refractivity contribution in [3.05, 3.63) is 22.2 Å². The molecule has 0 amide bonds. The summed E-state index contributed by atoms with van der Waals surface area (Å²) in [5.41, 5.74) is 0.898. The Hall–Kier alpha value is -1.44. The van der Waals surface area contributed by atoms with Gasteiger partial charge in [0.05, 0.1) is 12.7 Å². The van der Waals surface area contributed by atoms with Crippen molar-refractivity contribution in [3.63, 3.8) is 0 Å². The van der Waals surface area contributed by atoms with Crippen LogP contribution in [0.25, 0.3) is 0 Å². The number of aliphatic hydroxyl groups excluding tert-OH is 2. The zero-order valence-corrected chi connectivity index (χ0v) is 16.5. The minimum Gasteiger partial charge on any atom is -0.394 e. The molecule has 6 rings (SSSR count). The number of aliphatic hydroxyl groups is 2. The molecule has 1 aromatic rings. The van der Waals surface area contributed by atoms with E-state index >= 15 is 0 Å². The Kier molecular flexibility index (Phi) is 4.52. The molecule has 3 N–H and O–H groups in total. The summed E-state index contributed by atoms with van der Waals surface area (Å²) >= 11 is 0. The van der Waals surface area contributed by atoms with E-state index in [1.165, 1.54) is 43.1 Å². The summed E-state index contributed by atoms with van der Waals surface area (Å²) in [6, 6.07) is 0. The van der Waals surface area contributed by atoms with Crippen LogP contribution in [-0.4, -0.2) is 45.1 Å². The maximum Gasteiger partial charge on any atom is 0.351 e. The SMILES string of the molecule is Cc1cn([C@H]2C[C@@H](O)[C@H](CO)O2)c(=O)nc1NCC12CC3CC(CC(C3)C1)C2. The monoisotopic (exact) mass is 389 g/mol. The Bertz CT molecular complexity index is 772. The van der Waals surface area contributed by atoms with Crippen molar-refractivity contribution in [1.82, 2.24) is 9.55 Å². The fourth-order valence-electron chi connectivity index (χ4n) is 6.78. The van der Waals surface area contributed by atoms with Gasteiger partial charge in [0.1, 0.15) is 18.1 Å². The number of aryl methyl sites for hydroxylation is 1. The quantitative estimate of drug-likeness (QED) is 0.711. The van der Waals surface area contributed by atoms with Gasteiger partial charge in [-0.15, -0.1) is 0 Å². The van der Waals surface area contributed by atoms with E-state index in [4.69, 9.17) is 4.74 Å². The Morgan fingerprint density at radius 1 is 1.21 bits per heavy atom. The number of aromatic nitrogens is 2. The summed E-state index contributed by atoms with van der Waals surface area (Å²) < 4.78 is 7.05. The van der Waals surface area contributed by atoms with Crippen LogP contribution in [0.5, 0.6) is 0 Å². The highest BCUT2D eigenvalue weighted by molar-refractivity contribution is 5.41. The lowest BCUT2D eigenvalue weighted by Crippen LogP contribution is -2.49. The van der Waals surface area contributed by atoms with E-state index < -0.39 is 18.4 Å². The molecule has 4 aliphatic carbocycles. The van der Waals surface area contributed by atoms with Gasteiger partial charge in [0.15, 0.2) is 0 Å². The highest BCUT2D eigenvalue weighted by Gasteiger charge is 2.50. The molecule has 0 unspecified atom stereocenters. The van der Waals surface area contributed by atoms with E-state index in [0.717, 1.165) is 29.9 Å². The van der Waals surface area contributed by atoms with Crippen LogP contribution in [0.15, 0.2) is 11.0 Å². The first-order valence-electron chi connectivity index (χ1n) is 10.7. The summed E-state index contributed by atoms with van der Waals surface area (Å²) in [4.78, 5) is 16.9. The predicted octanol–water partition coefficient (Wildman–Crippen LogP) is 1.82. The molecule has 28 heavy (non-hydrogen) atoms. The zero-order valence-electron chi connectivity index (χ0n) is 16.5. The minimum atomic E-state index is -0.768. The topological polar surface area (TPSA) is 96.6 Å². The van der Waals surface area contributed by atoms with Crippen LogP contribution >= 0.6 is 0 Å². The second-order valence-corrected chi connectivity index (χ2v) is 9.85. The van der Waals surface area contributed by atoms with Crippen LogP contribution in [0, 0.1) is 30.1 Å². The number of nitrogens with zero attached hydrogens (tertiary/aromatic N) is 2. The van der Waals surface area contributed by atoms with Crippen molar-refractivity contribution < 1.29 is 14.9 Å². The Labute approximate surface area is 165 Å². The van der Waals surface area contributed by atoms with Gasteiger partial charge < -0.3 is 20.3 Å². The largest absolute Gasteiger partial charge is 0.394 e. The summed E-state index contributed by atoms with van der Waals surface area (Å²) in [6.45, 7) is 2.59. The average molecular weight is 389 g/mol. The number of rotatable bonds is 5. The average Bonchev–Trinajstić information content (AvgIpc) is 3.01. The second kappa shape index (κ2) is 6.82. The Morgan fingerprint density at radius 2 is 1.86 bits per heavy atom. The molecule has 1 aliphatic heterocycles. The molecule has 1 aromatic heterocycles. The van der Waals surface area contributed by atoms with Gasteiger partial charge in [0.25, 0.3) is 0 Å². The van der Waals surface area contributed by atoms with Gasteiger partial charge in [-0.1, -0.05) is 0 Å². The van der Waals surface area contributed by atoms with Gasteiger partial charge >= 0.3 is 5.69 Å². The minimum absolute atomic E-state index is 0.260. The highest BCUT2D eigenvalue weighted by atomic mass is 16.5. The molecule has 0 aromatic carbocycles. The standard InChI is InChI=1S/C21H31N3O4/c1-12-9-24(18-5-16(26)17(10-25)28-18)20(27)23-19(12)22-11-21-6-13-2-14(7-21)4-15(3-13)8-21/h9,13-18,25-26H,2-8,10-11H2,1H3,(H,22,23,27)/t13?,14?,15?,16-,17+,18-,21?/m1/s1. The molecular formula is C21H31N3O4. The van der Waals surface area contributed by atoms with Crippen LogP contribution in [0.2, 0.25) is 0 Å². The first-order chi connectivity index (χ1) is 13.4. The van der Waals surface area contributed by atoms with Gasteiger partial charge in [-0.2, -0.15) is 4.98 Å². The molecule has 1 saturated heterocycles. The lowest BCUT2D eigenvalue weighted by atomic mass is 9.49. The fourth-order valence-corrected chi connectivity index (χ4v) is 6.78. The van der Waals surface area contributed by atoms with Crippen LogP contribution in [0.3, 0.4) is 0 Å². The van der Waals surface area contributed by atoms with Gasteiger partial charge in [0.2, 0.25) is 0 Å². The molecule has 7 heteroatoms. The summed E-state index contributed by atoms with van der Waals surface area (Å²) in [6.07, 6.45) is 8.28. The van der Waals surface area contributed by atoms with Crippen molar-refractivity contribution in [2.24, 2.45) is 23.2 Å². The number of nitrogens with one attached hydrogen (secondary N) is 1. The van der Waals surface area contributed by atoms with E-state index in [2.05, 4.69) is 10.3 Å². The Morgan fingerprint density at radius 3 is 2.43 bits per heavy atom. The molecule has 154 valence electrons. The van der Waals surface area contributed by atoms with Crippen molar-refractivity contribution in [1.29, 1.82) is 0 Å².